The first-order valence-corrected chi connectivity index (χ1v) is 6.12. The van der Waals surface area contributed by atoms with E-state index in [1.165, 1.54) is 12.0 Å². The molecule has 0 aliphatic rings. The fourth-order valence-corrected chi connectivity index (χ4v) is 1.88. The Bertz CT molecular complexity index is 457. The molecule has 0 aliphatic heterocycles. The van der Waals surface area contributed by atoms with E-state index in [9.17, 15) is 0 Å². The van der Waals surface area contributed by atoms with E-state index < -0.39 is 0 Å². The third-order valence-corrected chi connectivity index (χ3v) is 2.74. The predicted octanol–water partition coefficient (Wildman–Crippen LogP) is 2.54. The van der Waals surface area contributed by atoms with Gasteiger partial charge in [0.1, 0.15) is 0 Å². The Hall–Kier alpha value is -1.61. The van der Waals surface area contributed by atoms with Crippen LogP contribution in [0.5, 0.6) is 0 Å². The van der Waals surface area contributed by atoms with E-state index in [0.717, 1.165) is 24.3 Å². The number of aromatic nitrogens is 2. The van der Waals surface area contributed by atoms with Crippen LogP contribution in [-0.4, -0.2) is 16.8 Å². The smallest absolute Gasteiger partial charge is 0.0766 e. The average Bonchev–Trinajstić information content (AvgIpc) is 2.80. The Kier molecular flexibility index (Phi) is 3.94. The maximum atomic E-state index is 4.50. The SMILES string of the molecule is CCCc1ccc(-n2ccc(CNC)n2)cc1. The molecule has 1 aromatic heterocycles. The minimum atomic E-state index is 0.806. The van der Waals surface area contributed by atoms with Crippen molar-refractivity contribution in [2.45, 2.75) is 26.3 Å². The van der Waals surface area contributed by atoms with Crippen LogP contribution in [0.1, 0.15) is 24.6 Å². The zero-order valence-electron chi connectivity index (χ0n) is 10.5. The van der Waals surface area contributed by atoms with Gasteiger partial charge >= 0.3 is 0 Å². The number of rotatable bonds is 5. The highest BCUT2D eigenvalue weighted by Gasteiger charge is 2.00. The van der Waals surface area contributed by atoms with E-state index in [1.807, 2.05) is 24.0 Å². The number of hydrogen-bond acceptors (Lipinski definition) is 2. The molecule has 0 aliphatic carbocycles. The second-order valence-corrected chi connectivity index (χ2v) is 4.20. The topological polar surface area (TPSA) is 29.9 Å². The van der Waals surface area contributed by atoms with Crippen molar-refractivity contribution in [3.8, 4) is 5.69 Å². The van der Waals surface area contributed by atoms with Gasteiger partial charge in [-0.3, -0.25) is 0 Å². The Morgan fingerprint density at radius 1 is 1.18 bits per heavy atom. The Morgan fingerprint density at radius 2 is 1.94 bits per heavy atom. The summed E-state index contributed by atoms with van der Waals surface area (Å²) in [6.07, 6.45) is 4.33. The van der Waals surface area contributed by atoms with Crippen LogP contribution in [0.15, 0.2) is 36.5 Å². The summed E-state index contributed by atoms with van der Waals surface area (Å²) in [4.78, 5) is 0. The van der Waals surface area contributed by atoms with Crippen molar-refractivity contribution in [3.63, 3.8) is 0 Å². The van der Waals surface area contributed by atoms with Gasteiger partial charge in [0, 0.05) is 12.7 Å². The number of nitrogens with one attached hydrogen (secondary N) is 1. The molecular weight excluding hydrogens is 210 g/mol. The summed E-state index contributed by atoms with van der Waals surface area (Å²) in [6, 6.07) is 10.6. The number of hydrogen-bond donors (Lipinski definition) is 1. The van der Waals surface area contributed by atoms with Gasteiger partial charge in [0.05, 0.1) is 11.4 Å². The van der Waals surface area contributed by atoms with E-state index in [4.69, 9.17) is 0 Å². The first-order chi connectivity index (χ1) is 8.33. The molecule has 0 fully saturated rings. The van der Waals surface area contributed by atoms with Gasteiger partial charge in [-0.15, -0.1) is 0 Å². The summed E-state index contributed by atoms with van der Waals surface area (Å²) in [6.45, 7) is 3.01. The highest BCUT2D eigenvalue weighted by molar-refractivity contribution is 5.34. The second kappa shape index (κ2) is 5.64. The van der Waals surface area contributed by atoms with Gasteiger partial charge in [-0.1, -0.05) is 25.5 Å². The Morgan fingerprint density at radius 3 is 2.59 bits per heavy atom. The van der Waals surface area contributed by atoms with Crippen molar-refractivity contribution in [2.75, 3.05) is 7.05 Å². The molecule has 1 N–H and O–H groups in total. The quantitative estimate of drug-likeness (QED) is 0.854. The normalized spacial score (nSPS) is 10.7. The van der Waals surface area contributed by atoms with Crippen molar-refractivity contribution in [3.05, 3.63) is 47.8 Å². The van der Waals surface area contributed by atoms with Crippen molar-refractivity contribution in [1.29, 1.82) is 0 Å². The number of nitrogens with zero attached hydrogens (tertiary/aromatic N) is 2. The Balaban J connectivity index is 2.15. The lowest BCUT2D eigenvalue weighted by atomic mass is 10.1. The molecule has 3 nitrogen and oxygen atoms in total. The molecule has 3 heteroatoms. The minimum Gasteiger partial charge on any atom is -0.314 e. The van der Waals surface area contributed by atoms with E-state index in [1.54, 1.807) is 0 Å². The molecular formula is C14H19N3. The fraction of sp³-hybridized carbons (Fsp3) is 0.357. The van der Waals surface area contributed by atoms with Crippen LogP contribution in [0.3, 0.4) is 0 Å². The van der Waals surface area contributed by atoms with E-state index in [0.29, 0.717) is 0 Å². The van der Waals surface area contributed by atoms with Crippen molar-refractivity contribution in [1.82, 2.24) is 15.1 Å². The standard InChI is InChI=1S/C14H19N3/c1-3-4-12-5-7-14(8-6-12)17-10-9-13(16-17)11-15-2/h5-10,15H,3-4,11H2,1-2H3. The maximum Gasteiger partial charge on any atom is 0.0766 e. The molecule has 1 heterocycles. The maximum absolute atomic E-state index is 4.50. The highest BCUT2D eigenvalue weighted by atomic mass is 15.3. The van der Waals surface area contributed by atoms with Crippen molar-refractivity contribution in [2.24, 2.45) is 0 Å². The van der Waals surface area contributed by atoms with Crippen LogP contribution >= 0.6 is 0 Å². The summed E-state index contributed by atoms with van der Waals surface area (Å²) in [7, 11) is 1.93. The third kappa shape index (κ3) is 2.94. The molecule has 0 spiro atoms. The molecule has 0 amide bonds. The molecule has 0 radical (unpaired) electrons. The summed E-state index contributed by atoms with van der Waals surface area (Å²) in [5, 5.41) is 7.60. The molecule has 0 saturated carbocycles. The molecule has 0 saturated heterocycles. The van der Waals surface area contributed by atoms with Crippen LogP contribution < -0.4 is 5.32 Å². The zero-order chi connectivity index (χ0) is 12.1. The van der Waals surface area contributed by atoms with Crippen LogP contribution in [0.4, 0.5) is 0 Å². The highest BCUT2D eigenvalue weighted by Crippen LogP contribution is 2.11. The van der Waals surface area contributed by atoms with Gasteiger partial charge in [-0.25, -0.2) is 4.68 Å². The zero-order valence-corrected chi connectivity index (χ0v) is 10.5. The summed E-state index contributed by atoms with van der Waals surface area (Å²) in [5.74, 6) is 0. The monoisotopic (exact) mass is 229 g/mol. The van der Waals surface area contributed by atoms with Crippen LogP contribution in [-0.2, 0) is 13.0 Å². The fourth-order valence-electron chi connectivity index (χ4n) is 1.88. The van der Waals surface area contributed by atoms with Crippen molar-refractivity contribution < 1.29 is 0 Å². The van der Waals surface area contributed by atoms with Gasteiger partial charge in [-0.05, 0) is 37.2 Å². The van der Waals surface area contributed by atoms with E-state index in [2.05, 4.69) is 41.6 Å². The molecule has 0 atom stereocenters. The number of benzene rings is 1. The summed E-state index contributed by atoms with van der Waals surface area (Å²) < 4.78 is 1.92. The van der Waals surface area contributed by atoms with Gasteiger partial charge < -0.3 is 5.32 Å². The molecule has 2 aromatic rings. The average molecular weight is 229 g/mol. The van der Waals surface area contributed by atoms with Crippen LogP contribution in [0, 0.1) is 0 Å². The molecule has 0 unspecified atom stereocenters. The first-order valence-electron chi connectivity index (χ1n) is 6.12. The largest absolute Gasteiger partial charge is 0.314 e. The molecule has 2 rings (SSSR count). The van der Waals surface area contributed by atoms with Gasteiger partial charge in [-0.2, -0.15) is 5.10 Å². The summed E-state index contributed by atoms with van der Waals surface area (Å²) >= 11 is 0. The minimum absolute atomic E-state index is 0.806. The van der Waals surface area contributed by atoms with Crippen molar-refractivity contribution >= 4 is 0 Å². The van der Waals surface area contributed by atoms with Gasteiger partial charge in [0.2, 0.25) is 0 Å². The lowest BCUT2D eigenvalue weighted by Gasteiger charge is -2.03. The molecule has 0 bridgehead atoms. The van der Waals surface area contributed by atoms with Crippen LogP contribution in [0.2, 0.25) is 0 Å². The molecule has 90 valence electrons. The Labute approximate surface area is 102 Å². The lowest BCUT2D eigenvalue weighted by molar-refractivity contribution is 0.757. The van der Waals surface area contributed by atoms with E-state index >= 15 is 0 Å². The second-order valence-electron chi connectivity index (χ2n) is 4.20. The summed E-state index contributed by atoms with van der Waals surface area (Å²) in [5.41, 5.74) is 3.57. The number of aryl methyl sites for hydroxylation is 1. The third-order valence-electron chi connectivity index (χ3n) is 2.74. The molecule has 17 heavy (non-hydrogen) atoms. The first kappa shape index (κ1) is 11.9. The van der Waals surface area contributed by atoms with Gasteiger partial charge in [0.15, 0.2) is 0 Å². The predicted molar refractivity (Wildman–Crippen MR) is 70.3 cm³/mol. The lowest BCUT2D eigenvalue weighted by Crippen LogP contribution is -2.06. The van der Waals surface area contributed by atoms with Crippen LogP contribution in [0.25, 0.3) is 5.69 Å². The van der Waals surface area contributed by atoms with E-state index in [-0.39, 0.29) is 0 Å². The van der Waals surface area contributed by atoms with Gasteiger partial charge in [0.25, 0.3) is 0 Å². The molecule has 1 aromatic carbocycles.